The minimum absolute atomic E-state index is 0.266. The highest BCUT2D eigenvalue weighted by atomic mass is 35.5. The first-order chi connectivity index (χ1) is 12.6. The van der Waals surface area contributed by atoms with Crippen LogP contribution >= 0.6 is 23.2 Å². The Balaban J connectivity index is 1.46. The highest BCUT2D eigenvalue weighted by Crippen LogP contribution is 2.22. The van der Waals surface area contributed by atoms with Gasteiger partial charge >= 0.3 is 0 Å². The third-order valence-corrected chi connectivity index (χ3v) is 4.91. The van der Waals surface area contributed by atoms with Crippen molar-refractivity contribution < 1.29 is 0 Å². The highest BCUT2D eigenvalue weighted by Gasteiger charge is 2.09. The van der Waals surface area contributed by atoms with Gasteiger partial charge in [-0.3, -0.25) is 0 Å². The molecule has 1 unspecified atom stereocenters. The Labute approximate surface area is 162 Å². The minimum Gasteiger partial charge on any atom is -0.342 e. The topological polar surface area (TPSA) is 40.7 Å². The summed E-state index contributed by atoms with van der Waals surface area (Å²) in [7, 11) is 0. The zero-order chi connectivity index (χ0) is 18.1. The summed E-state index contributed by atoms with van der Waals surface area (Å²) in [6, 6.07) is 18.5. The average Bonchev–Trinajstić information content (AvgIpc) is 2.98. The summed E-state index contributed by atoms with van der Waals surface area (Å²) < 4.78 is 0. The molecule has 3 aromatic carbocycles. The molecule has 0 saturated carbocycles. The normalized spacial score (nSPS) is 12.7. The molecule has 26 heavy (non-hydrogen) atoms. The van der Waals surface area contributed by atoms with Crippen LogP contribution in [0.1, 0.15) is 18.3 Å². The first kappa shape index (κ1) is 17.3. The van der Waals surface area contributed by atoms with Crippen molar-refractivity contribution in [1.29, 1.82) is 0 Å². The first-order valence-corrected chi connectivity index (χ1v) is 9.38. The molecule has 4 aromatic rings. The number of fused-ring (bicyclic) bond motifs is 2. The van der Waals surface area contributed by atoms with Crippen LogP contribution in [0.3, 0.4) is 0 Å². The Morgan fingerprint density at radius 2 is 1.69 bits per heavy atom. The van der Waals surface area contributed by atoms with Crippen molar-refractivity contribution in [2.75, 3.05) is 0 Å². The molecular formula is C21H19Cl2N3. The van der Waals surface area contributed by atoms with E-state index in [0.29, 0.717) is 16.6 Å². The number of nitrogens with zero attached hydrogens (tertiary/aromatic N) is 1. The lowest BCUT2D eigenvalue weighted by molar-refractivity contribution is 0.536. The van der Waals surface area contributed by atoms with Gasteiger partial charge in [0.1, 0.15) is 5.82 Å². The molecule has 1 aromatic heterocycles. The van der Waals surface area contributed by atoms with Crippen LogP contribution in [0, 0.1) is 0 Å². The van der Waals surface area contributed by atoms with Gasteiger partial charge in [-0.05, 0) is 53.6 Å². The number of hydrogen-bond acceptors (Lipinski definition) is 2. The smallest absolute Gasteiger partial charge is 0.108 e. The summed E-state index contributed by atoms with van der Waals surface area (Å²) in [6.45, 7) is 2.86. The minimum atomic E-state index is 0.266. The molecule has 4 rings (SSSR count). The Morgan fingerprint density at radius 3 is 2.42 bits per heavy atom. The Bertz CT molecular complexity index is 999. The van der Waals surface area contributed by atoms with E-state index in [0.717, 1.165) is 28.8 Å². The molecule has 2 N–H and O–H groups in total. The summed E-state index contributed by atoms with van der Waals surface area (Å²) in [5.74, 6) is 0.986. The highest BCUT2D eigenvalue weighted by molar-refractivity contribution is 6.34. The fourth-order valence-corrected chi connectivity index (χ4v) is 3.78. The van der Waals surface area contributed by atoms with Crippen LogP contribution < -0.4 is 5.32 Å². The average molecular weight is 384 g/mol. The van der Waals surface area contributed by atoms with E-state index in [4.69, 9.17) is 28.2 Å². The summed E-state index contributed by atoms with van der Waals surface area (Å²) >= 11 is 12.1. The standard InChI is InChI=1S/C21H19Cl2N3/c1-13(24-12-14-7-17(22)11-18(23)8-14)6-21-25-19-9-15-4-2-3-5-16(15)10-20(19)26-21/h2-5,7-11,13,24H,6,12H2,1H3,(H,25,26). The summed E-state index contributed by atoms with van der Waals surface area (Å²) in [4.78, 5) is 8.19. The molecule has 0 amide bonds. The third kappa shape index (κ3) is 3.85. The summed E-state index contributed by atoms with van der Waals surface area (Å²) in [5.41, 5.74) is 3.16. The molecule has 3 nitrogen and oxygen atoms in total. The molecule has 0 saturated heterocycles. The molecule has 5 heteroatoms. The van der Waals surface area contributed by atoms with Crippen molar-refractivity contribution in [2.45, 2.75) is 25.9 Å². The number of hydrogen-bond donors (Lipinski definition) is 2. The van der Waals surface area contributed by atoms with Crippen LogP contribution in [0.4, 0.5) is 0 Å². The second-order valence-electron chi connectivity index (χ2n) is 6.66. The number of halogens is 2. The van der Waals surface area contributed by atoms with Crippen LogP contribution in [0.25, 0.3) is 21.8 Å². The van der Waals surface area contributed by atoms with Gasteiger partial charge < -0.3 is 10.3 Å². The van der Waals surface area contributed by atoms with E-state index < -0.39 is 0 Å². The lowest BCUT2D eigenvalue weighted by atomic mass is 10.1. The predicted octanol–water partition coefficient (Wildman–Crippen LogP) is 5.74. The fraction of sp³-hybridized carbons (Fsp3) is 0.190. The molecule has 0 bridgehead atoms. The number of aromatic amines is 1. The second kappa shape index (κ2) is 7.28. The quantitative estimate of drug-likeness (QED) is 0.460. The molecule has 1 heterocycles. The van der Waals surface area contributed by atoms with E-state index in [1.165, 1.54) is 10.8 Å². The van der Waals surface area contributed by atoms with E-state index in [2.05, 4.69) is 53.6 Å². The van der Waals surface area contributed by atoms with Gasteiger partial charge in [0, 0.05) is 29.1 Å². The van der Waals surface area contributed by atoms with Crippen molar-refractivity contribution in [3.8, 4) is 0 Å². The van der Waals surface area contributed by atoms with Gasteiger partial charge in [0.05, 0.1) is 11.0 Å². The maximum absolute atomic E-state index is 6.06. The summed E-state index contributed by atoms with van der Waals surface area (Å²) in [6.07, 6.45) is 0.819. The molecule has 0 aliphatic carbocycles. The van der Waals surface area contributed by atoms with Crippen LogP contribution in [-0.4, -0.2) is 16.0 Å². The van der Waals surface area contributed by atoms with Crippen LogP contribution in [0.15, 0.2) is 54.6 Å². The van der Waals surface area contributed by atoms with Crippen LogP contribution in [0.5, 0.6) is 0 Å². The van der Waals surface area contributed by atoms with Gasteiger partial charge in [-0.15, -0.1) is 0 Å². The molecule has 0 aliphatic rings. The summed E-state index contributed by atoms with van der Waals surface area (Å²) in [5, 5.41) is 7.25. The van der Waals surface area contributed by atoms with Crippen molar-refractivity contribution in [2.24, 2.45) is 0 Å². The zero-order valence-corrected chi connectivity index (χ0v) is 15.9. The van der Waals surface area contributed by atoms with Gasteiger partial charge in [-0.1, -0.05) is 47.5 Å². The maximum Gasteiger partial charge on any atom is 0.108 e. The van der Waals surface area contributed by atoms with Crippen LogP contribution in [-0.2, 0) is 13.0 Å². The number of rotatable bonds is 5. The Morgan fingerprint density at radius 1 is 1.00 bits per heavy atom. The lowest BCUT2D eigenvalue weighted by Gasteiger charge is -2.13. The van der Waals surface area contributed by atoms with E-state index in [1.807, 2.05) is 12.1 Å². The van der Waals surface area contributed by atoms with E-state index in [9.17, 15) is 0 Å². The largest absolute Gasteiger partial charge is 0.342 e. The molecule has 132 valence electrons. The van der Waals surface area contributed by atoms with Crippen molar-refractivity contribution in [3.63, 3.8) is 0 Å². The van der Waals surface area contributed by atoms with Gasteiger partial charge in [0.15, 0.2) is 0 Å². The first-order valence-electron chi connectivity index (χ1n) is 8.62. The van der Waals surface area contributed by atoms with Gasteiger partial charge in [-0.25, -0.2) is 4.98 Å². The number of imidazole rings is 1. The lowest BCUT2D eigenvalue weighted by Crippen LogP contribution is -2.28. The van der Waals surface area contributed by atoms with Crippen molar-refractivity contribution in [3.05, 3.63) is 76.0 Å². The monoisotopic (exact) mass is 383 g/mol. The van der Waals surface area contributed by atoms with Crippen LogP contribution in [0.2, 0.25) is 10.0 Å². The van der Waals surface area contributed by atoms with Crippen molar-refractivity contribution in [1.82, 2.24) is 15.3 Å². The van der Waals surface area contributed by atoms with E-state index in [1.54, 1.807) is 6.07 Å². The predicted molar refractivity (Wildman–Crippen MR) is 110 cm³/mol. The van der Waals surface area contributed by atoms with E-state index in [-0.39, 0.29) is 6.04 Å². The SMILES string of the molecule is CC(Cc1nc2cc3ccccc3cc2[nH]1)NCc1cc(Cl)cc(Cl)c1. The number of nitrogens with one attached hydrogen (secondary N) is 2. The Kier molecular flexibility index (Phi) is 4.86. The third-order valence-electron chi connectivity index (χ3n) is 4.47. The Hall–Kier alpha value is -2.07. The van der Waals surface area contributed by atoms with Gasteiger partial charge in [0.25, 0.3) is 0 Å². The molecule has 0 aliphatic heterocycles. The van der Waals surface area contributed by atoms with Gasteiger partial charge in [-0.2, -0.15) is 0 Å². The molecule has 0 spiro atoms. The van der Waals surface area contributed by atoms with Gasteiger partial charge in [0.2, 0.25) is 0 Å². The molecule has 1 atom stereocenters. The number of aromatic nitrogens is 2. The number of H-pyrrole nitrogens is 1. The molecular weight excluding hydrogens is 365 g/mol. The number of benzene rings is 3. The van der Waals surface area contributed by atoms with Crippen molar-refractivity contribution >= 4 is 45.0 Å². The maximum atomic E-state index is 6.06. The molecule has 0 fully saturated rings. The fourth-order valence-electron chi connectivity index (χ4n) is 3.21. The van der Waals surface area contributed by atoms with E-state index >= 15 is 0 Å². The second-order valence-corrected chi connectivity index (χ2v) is 7.54. The molecule has 0 radical (unpaired) electrons. The zero-order valence-electron chi connectivity index (χ0n) is 14.4.